The Balaban J connectivity index is 0.00000116. The van der Waals surface area contributed by atoms with Crippen LogP contribution in [0, 0.1) is 0 Å². The molecular formula is C18H23F2NO. The predicted molar refractivity (Wildman–Crippen MR) is 87.2 cm³/mol. The normalized spacial score (nSPS) is 16.2. The number of amides is 1. The maximum atomic E-state index is 13.9. The van der Waals surface area contributed by atoms with Crippen LogP contribution in [0.1, 0.15) is 51.2 Å². The highest BCUT2D eigenvalue weighted by Gasteiger charge is 2.18. The molecular weight excluding hydrogens is 284 g/mol. The van der Waals surface area contributed by atoms with Crippen LogP contribution in [0.2, 0.25) is 0 Å². The fraction of sp³-hybridized carbons (Fsp3) is 0.389. The zero-order valence-corrected chi connectivity index (χ0v) is 13.5. The summed E-state index contributed by atoms with van der Waals surface area (Å²) in [5.41, 5.74) is 2.55. The van der Waals surface area contributed by atoms with Crippen LogP contribution in [-0.4, -0.2) is 5.91 Å². The highest BCUT2D eigenvalue weighted by atomic mass is 19.1. The summed E-state index contributed by atoms with van der Waals surface area (Å²) in [6.07, 6.45) is 3.22. The molecule has 0 aliphatic carbocycles. The predicted octanol–water partition coefficient (Wildman–Crippen LogP) is 5.43. The quantitative estimate of drug-likeness (QED) is 0.741. The second-order valence-electron chi connectivity index (χ2n) is 4.89. The summed E-state index contributed by atoms with van der Waals surface area (Å²) < 4.78 is 27.0. The van der Waals surface area contributed by atoms with Gasteiger partial charge in [0.25, 0.3) is 0 Å². The summed E-state index contributed by atoms with van der Waals surface area (Å²) in [5, 5.41) is 2.78. The molecule has 0 spiro atoms. The van der Waals surface area contributed by atoms with Gasteiger partial charge in [0.05, 0.1) is 0 Å². The van der Waals surface area contributed by atoms with Crippen molar-refractivity contribution >= 4 is 11.6 Å². The van der Waals surface area contributed by atoms with E-state index in [0.717, 1.165) is 22.9 Å². The molecule has 22 heavy (non-hydrogen) atoms. The van der Waals surface area contributed by atoms with E-state index in [1.807, 2.05) is 19.9 Å². The molecule has 1 unspecified atom stereocenters. The third kappa shape index (κ3) is 4.52. The van der Waals surface area contributed by atoms with E-state index in [0.29, 0.717) is 12.8 Å². The van der Waals surface area contributed by atoms with Crippen LogP contribution in [0.4, 0.5) is 14.5 Å². The molecule has 1 heterocycles. The SMILES string of the molecule is C/C=C(F)\C=C(\F)C(C)c1ccc2c(c1)CCC(=O)N2.CC. The Labute approximate surface area is 130 Å². The zero-order chi connectivity index (χ0) is 16.7. The van der Waals surface area contributed by atoms with Crippen molar-refractivity contribution in [3.8, 4) is 0 Å². The molecule has 0 bridgehead atoms. The highest BCUT2D eigenvalue weighted by molar-refractivity contribution is 5.93. The third-order valence-corrected chi connectivity index (χ3v) is 3.49. The van der Waals surface area contributed by atoms with Crippen molar-refractivity contribution < 1.29 is 13.6 Å². The Morgan fingerprint density at radius 1 is 1.27 bits per heavy atom. The number of hydrogen-bond acceptors (Lipinski definition) is 1. The second-order valence-corrected chi connectivity index (χ2v) is 4.89. The van der Waals surface area contributed by atoms with E-state index in [1.165, 1.54) is 13.0 Å². The van der Waals surface area contributed by atoms with Gasteiger partial charge < -0.3 is 5.32 Å². The average molecular weight is 307 g/mol. The number of allylic oxidation sites excluding steroid dienone is 4. The van der Waals surface area contributed by atoms with Crippen LogP contribution in [0.25, 0.3) is 0 Å². The molecule has 1 aliphatic rings. The first-order valence-electron chi connectivity index (χ1n) is 7.63. The summed E-state index contributed by atoms with van der Waals surface area (Å²) in [4.78, 5) is 11.3. The summed E-state index contributed by atoms with van der Waals surface area (Å²) in [6.45, 7) is 7.21. The molecule has 4 heteroatoms. The lowest BCUT2D eigenvalue weighted by Crippen LogP contribution is -2.19. The molecule has 1 atom stereocenters. The van der Waals surface area contributed by atoms with Crippen molar-refractivity contribution in [3.05, 3.63) is 53.1 Å². The van der Waals surface area contributed by atoms with Crippen molar-refractivity contribution in [2.24, 2.45) is 0 Å². The maximum Gasteiger partial charge on any atom is 0.224 e. The van der Waals surface area contributed by atoms with Crippen molar-refractivity contribution in [2.45, 2.75) is 46.5 Å². The molecule has 2 rings (SSSR count). The molecule has 0 saturated carbocycles. The molecule has 0 saturated heterocycles. The highest BCUT2D eigenvalue weighted by Crippen LogP contribution is 2.31. The Morgan fingerprint density at radius 3 is 2.59 bits per heavy atom. The molecule has 0 fully saturated rings. The van der Waals surface area contributed by atoms with Gasteiger partial charge in [-0.25, -0.2) is 8.78 Å². The number of benzene rings is 1. The van der Waals surface area contributed by atoms with Crippen LogP contribution in [0.5, 0.6) is 0 Å². The van der Waals surface area contributed by atoms with Crippen molar-refractivity contribution in [1.29, 1.82) is 0 Å². The number of fused-ring (bicyclic) bond motifs is 1. The van der Waals surface area contributed by atoms with Gasteiger partial charge in [0.15, 0.2) is 0 Å². The standard InChI is InChI=1S/C16H17F2NO.C2H6/c1-3-13(17)9-14(18)10(2)11-4-6-15-12(8-11)5-7-16(20)19-15;1-2/h3-4,6,8-10H,5,7H2,1-2H3,(H,19,20);1-2H3/b13-3+,14-9+;. The first-order chi connectivity index (χ1) is 10.5. The van der Waals surface area contributed by atoms with E-state index < -0.39 is 17.6 Å². The number of hydrogen-bond donors (Lipinski definition) is 1. The molecule has 1 aliphatic heterocycles. The van der Waals surface area contributed by atoms with Gasteiger partial charge in [-0.1, -0.05) is 39.0 Å². The summed E-state index contributed by atoms with van der Waals surface area (Å²) >= 11 is 0. The average Bonchev–Trinajstić information content (AvgIpc) is 2.55. The molecule has 0 radical (unpaired) electrons. The Hall–Kier alpha value is -1.97. The fourth-order valence-electron chi connectivity index (χ4n) is 2.17. The van der Waals surface area contributed by atoms with E-state index in [1.54, 1.807) is 19.1 Å². The molecule has 1 aromatic carbocycles. The topological polar surface area (TPSA) is 29.1 Å². The van der Waals surface area contributed by atoms with Gasteiger partial charge in [0.2, 0.25) is 5.91 Å². The third-order valence-electron chi connectivity index (χ3n) is 3.49. The zero-order valence-electron chi connectivity index (χ0n) is 13.5. The van der Waals surface area contributed by atoms with Gasteiger partial charge >= 0.3 is 0 Å². The van der Waals surface area contributed by atoms with Crippen LogP contribution in [-0.2, 0) is 11.2 Å². The first-order valence-corrected chi connectivity index (χ1v) is 7.63. The van der Waals surface area contributed by atoms with E-state index in [-0.39, 0.29) is 5.91 Å². The summed E-state index contributed by atoms with van der Waals surface area (Å²) in [6, 6.07) is 5.41. The molecule has 120 valence electrons. The minimum Gasteiger partial charge on any atom is -0.326 e. The maximum absolute atomic E-state index is 13.9. The fourth-order valence-corrected chi connectivity index (χ4v) is 2.17. The molecule has 1 aromatic rings. The lowest BCUT2D eigenvalue weighted by Gasteiger charge is -2.19. The number of rotatable bonds is 3. The number of anilines is 1. The Bertz CT molecular complexity index is 591. The number of halogens is 2. The van der Waals surface area contributed by atoms with Crippen molar-refractivity contribution in [3.63, 3.8) is 0 Å². The Morgan fingerprint density at radius 2 is 1.95 bits per heavy atom. The minimum atomic E-state index is -0.584. The van der Waals surface area contributed by atoms with E-state index >= 15 is 0 Å². The van der Waals surface area contributed by atoms with Crippen molar-refractivity contribution in [2.75, 3.05) is 5.32 Å². The first kappa shape index (κ1) is 18.1. The van der Waals surface area contributed by atoms with Crippen LogP contribution < -0.4 is 5.32 Å². The monoisotopic (exact) mass is 307 g/mol. The smallest absolute Gasteiger partial charge is 0.224 e. The molecule has 1 amide bonds. The van der Waals surface area contributed by atoms with Gasteiger partial charge in [-0.15, -0.1) is 0 Å². The molecule has 0 aromatic heterocycles. The van der Waals surface area contributed by atoms with Crippen molar-refractivity contribution in [1.82, 2.24) is 0 Å². The molecule has 2 nitrogen and oxygen atoms in total. The Kier molecular flexibility index (Phi) is 6.96. The summed E-state index contributed by atoms with van der Waals surface area (Å²) in [7, 11) is 0. The molecule has 1 N–H and O–H groups in total. The number of carbonyl (C=O) groups excluding carboxylic acids is 1. The number of nitrogens with one attached hydrogen (secondary N) is 1. The van der Waals surface area contributed by atoms with Gasteiger partial charge in [-0.2, -0.15) is 0 Å². The van der Waals surface area contributed by atoms with Gasteiger partial charge in [-0.05, 0) is 30.5 Å². The van der Waals surface area contributed by atoms with Crippen LogP contribution >= 0.6 is 0 Å². The minimum absolute atomic E-state index is 0.000436. The largest absolute Gasteiger partial charge is 0.326 e. The van der Waals surface area contributed by atoms with Crippen LogP contribution in [0.3, 0.4) is 0 Å². The number of aryl methyl sites for hydroxylation is 1. The lowest BCUT2D eigenvalue weighted by molar-refractivity contribution is -0.116. The van der Waals surface area contributed by atoms with Gasteiger partial charge in [-0.3, -0.25) is 4.79 Å². The lowest BCUT2D eigenvalue weighted by atomic mass is 9.93. The van der Waals surface area contributed by atoms with E-state index in [2.05, 4.69) is 5.32 Å². The van der Waals surface area contributed by atoms with Crippen LogP contribution in [0.15, 0.2) is 42.0 Å². The van der Waals surface area contributed by atoms with E-state index in [9.17, 15) is 13.6 Å². The summed E-state index contributed by atoms with van der Waals surface area (Å²) in [5.74, 6) is -1.61. The van der Waals surface area contributed by atoms with Gasteiger partial charge in [0.1, 0.15) is 11.7 Å². The van der Waals surface area contributed by atoms with Gasteiger partial charge in [0, 0.05) is 24.1 Å². The van der Waals surface area contributed by atoms with E-state index in [4.69, 9.17) is 0 Å². The number of carbonyl (C=O) groups is 1. The second kappa shape index (κ2) is 8.47.